The van der Waals surface area contributed by atoms with Gasteiger partial charge in [0.1, 0.15) is 5.76 Å². The Bertz CT molecular complexity index is 359. The molecule has 1 aliphatic rings. The third-order valence-electron chi connectivity index (χ3n) is 2.86. The highest BCUT2D eigenvalue weighted by Gasteiger charge is 2.27. The highest BCUT2D eigenvalue weighted by molar-refractivity contribution is 5.91. The van der Waals surface area contributed by atoms with Gasteiger partial charge < -0.3 is 15.1 Å². The van der Waals surface area contributed by atoms with Crippen LogP contribution in [-0.2, 0) is 0 Å². The Morgan fingerprint density at radius 3 is 3.00 bits per heavy atom. The van der Waals surface area contributed by atoms with E-state index in [1.165, 1.54) is 0 Å². The number of amides is 1. The van der Waals surface area contributed by atoms with Crippen LogP contribution in [0.3, 0.4) is 0 Å². The molecular weight excluding hydrogens is 192 g/mol. The normalized spacial score (nSPS) is 20.9. The van der Waals surface area contributed by atoms with Gasteiger partial charge >= 0.3 is 0 Å². The zero-order valence-electron chi connectivity index (χ0n) is 8.90. The quantitative estimate of drug-likeness (QED) is 0.789. The SMILES string of the molecule is Cc1ccc(C(=O)N2CCC(CN)C2)o1. The van der Waals surface area contributed by atoms with Crippen molar-refractivity contribution in [1.82, 2.24) is 4.90 Å². The number of nitrogens with two attached hydrogens (primary N) is 1. The Balaban J connectivity index is 2.03. The molecule has 1 aromatic heterocycles. The molecule has 82 valence electrons. The van der Waals surface area contributed by atoms with E-state index < -0.39 is 0 Å². The van der Waals surface area contributed by atoms with Gasteiger partial charge in [0.05, 0.1) is 0 Å². The molecule has 2 rings (SSSR count). The smallest absolute Gasteiger partial charge is 0.289 e. The number of furan rings is 1. The molecule has 1 amide bonds. The topological polar surface area (TPSA) is 59.5 Å². The van der Waals surface area contributed by atoms with Crippen LogP contribution in [0, 0.1) is 12.8 Å². The van der Waals surface area contributed by atoms with Gasteiger partial charge in [-0.25, -0.2) is 0 Å². The van der Waals surface area contributed by atoms with Gasteiger partial charge in [-0.15, -0.1) is 0 Å². The van der Waals surface area contributed by atoms with E-state index >= 15 is 0 Å². The Hall–Kier alpha value is -1.29. The molecule has 0 spiro atoms. The molecule has 1 fully saturated rings. The Morgan fingerprint density at radius 2 is 2.47 bits per heavy atom. The van der Waals surface area contributed by atoms with Crippen LogP contribution in [0.1, 0.15) is 22.7 Å². The van der Waals surface area contributed by atoms with Gasteiger partial charge in [0.2, 0.25) is 0 Å². The lowest BCUT2D eigenvalue weighted by atomic mass is 10.1. The Kier molecular flexibility index (Phi) is 2.77. The summed E-state index contributed by atoms with van der Waals surface area (Å²) in [5, 5.41) is 0. The van der Waals surface area contributed by atoms with E-state index in [0.717, 1.165) is 25.3 Å². The molecule has 4 heteroatoms. The van der Waals surface area contributed by atoms with Gasteiger partial charge in [0, 0.05) is 13.1 Å². The van der Waals surface area contributed by atoms with Crippen LogP contribution in [0.4, 0.5) is 0 Å². The van der Waals surface area contributed by atoms with Crippen LogP contribution in [0.25, 0.3) is 0 Å². The summed E-state index contributed by atoms with van der Waals surface area (Å²) in [5.41, 5.74) is 5.58. The van der Waals surface area contributed by atoms with E-state index in [1.807, 2.05) is 17.9 Å². The second kappa shape index (κ2) is 4.06. The van der Waals surface area contributed by atoms with Crippen LogP contribution >= 0.6 is 0 Å². The number of likely N-dealkylation sites (tertiary alicyclic amines) is 1. The summed E-state index contributed by atoms with van der Waals surface area (Å²) in [6.07, 6.45) is 1.00. The second-order valence-corrected chi connectivity index (χ2v) is 4.05. The molecular formula is C11H16N2O2. The van der Waals surface area contributed by atoms with Crippen LogP contribution in [0.5, 0.6) is 0 Å². The molecule has 0 bridgehead atoms. The van der Waals surface area contributed by atoms with Crippen molar-refractivity contribution >= 4 is 5.91 Å². The molecule has 1 saturated heterocycles. The number of hydrogen-bond donors (Lipinski definition) is 1. The minimum atomic E-state index is -0.0148. The molecule has 1 aromatic rings. The van der Waals surface area contributed by atoms with Crippen molar-refractivity contribution in [1.29, 1.82) is 0 Å². The first kappa shape index (κ1) is 10.2. The molecule has 2 heterocycles. The maximum atomic E-state index is 11.9. The lowest BCUT2D eigenvalue weighted by Gasteiger charge is -2.14. The van der Waals surface area contributed by atoms with Crippen molar-refractivity contribution in [2.24, 2.45) is 11.7 Å². The van der Waals surface area contributed by atoms with Crippen LogP contribution in [0.15, 0.2) is 16.5 Å². The summed E-state index contributed by atoms with van der Waals surface area (Å²) in [6, 6.07) is 3.54. The van der Waals surface area contributed by atoms with Gasteiger partial charge in [-0.05, 0) is 37.9 Å². The van der Waals surface area contributed by atoms with Gasteiger partial charge in [-0.2, -0.15) is 0 Å². The summed E-state index contributed by atoms with van der Waals surface area (Å²) in [5.74, 6) is 1.64. The van der Waals surface area contributed by atoms with E-state index in [2.05, 4.69) is 0 Å². The molecule has 1 atom stereocenters. The van der Waals surface area contributed by atoms with Crippen molar-refractivity contribution in [3.63, 3.8) is 0 Å². The molecule has 0 aliphatic carbocycles. The van der Waals surface area contributed by atoms with Crippen LogP contribution < -0.4 is 5.73 Å². The lowest BCUT2D eigenvalue weighted by molar-refractivity contribution is 0.0754. The van der Waals surface area contributed by atoms with Crippen LogP contribution in [-0.4, -0.2) is 30.4 Å². The fourth-order valence-corrected chi connectivity index (χ4v) is 1.91. The first-order valence-corrected chi connectivity index (χ1v) is 5.26. The minimum Gasteiger partial charge on any atom is -0.456 e. The van der Waals surface area contributed by atoms with Crippen molar-refractivity contribution < 1.29 is 9.21 Å². The van der Waals surface area contributed by atoms with Crippen molar-refractivity contribution in [2.45, 2.75) is 13.3 Å². The summed E-state index contributed by atoms with van der Waals surface area (Å²) in [4.78, 5) is 13.7. The minimum absolute atomic E-state index is 0.0148. The predicted molar refractivity (Wildman–Crippen MR) is 56.5 cm³/mol. The zero-order valence-corrected chi connectivity index (χ0v) is 8.90. The highest BCUT2D eigenvalue weighted by atomic mass is 16.3. The van der Waals surface area contributed by atoms with Gasteiger partial charge in [-0.1, -0.05) is 0 Å². The number of aryl methyl sites for hydroxylation is 1. The molecule has 2 N–H and O–H groups in total. The summed E-state index contributed by atoms with van der Waals surface area (Å²) >= 11 is 0. The van der Waals surface area contributed by atoms with E-state index in [4.69, 9.17) is 10.2 Å². The van der Waals surface area contributed by atoms with Gasteiger partial charge in [0.15, 0.2) is 5.76 Å². The third-order valence-corrected chi connectivity index (χ3v) is 2.86. The van der Waals surface area contributed by atoms with Gasteiger partial charge in [0.25, 0.3) is 5.91 Å². The van der Waals surface area contributed by atoms with Crippen LogP contribution in [0.2, 0.25) is 0 Å². The fraction of sp³-hybridized carbons (Fsp3) is 0.545. The lowest BCUT2D eigenvalue weighted by Crippen LogP contribution is -2.29. The van der Waals surface area contributed by atoms with Crippen molar-refractivity contribution in [2.75, 3.05) is 19.6 Å². The number of hydrogen-bond acceptors (Lipinski definition) is 3. The standard InChI is InChI=1S/C11H16N2O2/c1-8-2-3-10(15-8)11(14)13-5-4-9(6-12)7-13/h2-3,9H,4-7,12H2,1H3. The Labute approximate surface area is 89.0 Å². The average molecular weight is 208 g/mol. The monoisotopic (exact) mass is 208 g/mol. The Morgan fingerprint density at radius 1 is 1.67 bits per heavy atom. The number of carbonyl (C=O) groups is 1. The van der Waals surface area contributed by atoms with E-state index in [0.29, 0.717) is 18.2 Å². The van der Waals surface area contributed by atoms with E-state index in [1.54, 1.807) is 6.07 Å². The molecule has 0 aromatic carbocycles. The predicted octanol–water partition coefficient (Wildman–Crippen LogP) is 1.01. The summed E-state index contributed by atoms with van der Waals surface area (Å²) < 4.78 is 5.30. The fourth-order valence-electron chi connectivity index (χ4n) is 1.91. The first-order chi connectivity index (χ1) is 7.20. The maximum absolute atomic E-state index is 11.9. The average Bonchev–Trinajstić information content (AvgIpc) is 2.84. The third kappa shape index (κ3) is 2.04. The highest BCUT2D eigenvalue weighted by Crippen LogP contribution is 2.18. The molecule has 0 radical (unpaired) electrons. The number of rotatable bonds is 2. The van der Waals surface area contributed by atoms with E-state index in [-0.39, 0.29) is 5.91 Å². The van der Waals surface area contributed by atoms with Crippen molar-refractivity contribution in [3.05, 3.63) is 23.7 Å². The zero-order chi connectivity index (χ0) is 10.8. The van der Waals surface area contributed by atoms with E-state index in [9.17, 15) is 4.79 Å². The molecule has 15 heavy (non-hydrogen) atoms. The molecule has 1 unspecified atom stereocenters. The van der Waals surface area contributed by atoms with Gasteiger partial charge in [-0.3, -0.25) is 4.79 Å². The number of nitrogens with zero attached hydrogens (tertiary/aromatic N) is 1. The maximum Gasteiger partial charge on any atom is 0.289 e. The summed E-state index contributed by atoms with van der Waals surface area (Å²) in [6.45, 7) is 4.04. The molecule has 0 saturated carbocycles. The molecule has 4 nitrogen and oxygen atoms in total. The van der Waals surface area contributed by atoms with Crippen molar-refractivity contribution in [3.8, 4) is 0 Å². The summed E-state index contributed by atoms with van der Waals surface area (Å²) in [7, 11) is 0. The number of carbonyl (C=O) groups excluding carboxylic acids is 1. The largest absolute Gasteiger partial charge is 0.456 e. The first-order valence-electron chi connectivity index (χ1n) is 5.26. The second-order valence-electron chi connectivity index (χ2n) is 4.05. The molecule has 1 aliphatic heterocycles.